The molecule has 21 heavy (non-hydrogen) atoms. The van der Waals surface area contributed by atoms with Gasteiger partial charge in [-0.25, -0.2) is 13.1 Å². The Morgan fingerprint density at radius 2 is 2.19 bits per heavy atom. The smallest absolute Gasteiger partial charge is 0.240 e. The molecule has 5 nitrogen and oxygen atoms in total. The molecule has 0 saturated carbocycles. The molecule has 2 N–H and O–H groups in total. The number of halogens is 1. The number of hydrogen-bond acceptors (Lipinski definition) is 4. The van der Waals surface area contributed by atoms with E-state index in [-0.39, 0.29) is 11.4 Å². The van der Waals surface area contributed by atoms with E-state index in [0.717, 1.165) is 18.4 Å². The van der Waals surface area contributed by atoms with Crippen LogP contribution in [0.2, 0.25) is 5.02 Å². The summed E-state index contributed by atoms with van der Waals surface area (Å²) in [7, 11) is -1.77. The number of benzene rings is 1. The largest absolute Gasteiger partial charge is 0.374 e. The van der Waals surface area contributed by atoms with E-state index in [1.807, 2.05) is 6.92 Å². The third-order valence-corrected chi connectivity index (χ3v) is 5.40. The summed E-state index contributed by atoms with van der Waals surface area (Å²) in [5, 5.41) is 3.52. The van der Waals surface area contributed by atoms with Crippen LogP contribution in [0.5, 0.6) is 0 Å². The molecule has 0 bridgehead atoms. The molecule has 1 aromatic carbocycles. The molecular formula is C14H21ClN2O3S. The zero-order valence-electron chi connectivity index (χ0n) is 12.3. The van der Waals surface area contributed by atoms with E-state index in [2.05, 4.69) is 10.0 Å². The minimum atomic E-state index is -3.56. The van der Waals surface area contributed by atoms with E-state index in [1.54, 1.807) is 19.2 Å². The molecule has 2 rings (SSSR count). The molecule has 1 aliphatic heterocycles. The molecule has 0 aliphatic carbocycles. The summed E-state index contributed by atoms with van der Waals surface area (Å²) in [5.41, 5.74) is 0.346. The fraction of sp³-hybridized carbons (Fsp3) is 0.571. The number of hydrogen-bond donors (Lipinski definition) is 2. The van der Waals surface area contributed by atoms with E-state index < -0.39 is 15.6 Å². The van der Waals surface area contributed by atoms with E-state index >= 15 is 0 Å². The van der Waals surface area contributed by atoms with Crippen LogP contribution in [0.1, 0.15) is 25.3 Å². The molecule has 0 spiro atoms. The molecule has 1 atom stereocenters. The first-order chi connectivity index (χ1) is 9.86. The number of ether oxygens (including phenoxy) is 1. The molecule has 1 aromatic rings. The van der Waals surface area contributed by atoms with Crippen molar-refractivity contribution in [3.05, 3.63) is 28.8 Å². The van der Waals surface area contributed by atoms with Gasteiger partial charge in [0.05, 0.1) is 10.5 Å². The lowest BCUT2D eigenvalue weighted by Gasteiger charge is -2.23. The Morgan fingerprint density at radius 3 is 2.81 bits per heavy atom. The predicted molar refractivity (Wildman–Crippen MR) is 83.0 cm³/mol. The molecule has 0 radical (unpaired) electrons. The summed E-state index contributed by atoms with van der Waals surface area (Å²) in [6.45, 7) is 3.41. The molecule has 1 fully saturated rings. The van der Waals surface area contributed by atoms with Crippen LogP contribution in [0.25, 0.3) is 0 Å². The van der Waals surface area contributed by atoms with Gasteiger partial charge in [0, 0.05) is 24.7 Å². The predicted octanol–water partition coefficient (Wildman–Crippen LogP) is 1.91. The molecule has 118 valence electrons. The van der Waals surface area contributed by atoms with Gasteiger partial charge < -0.3 is 10.1 Å². The Bertz CT molecular complexity index is 598. The highest BCUT2D eigenvalue weighted by molar-refractivity contribution is 7.89. The van der Waals surface area contributed by atoms with Crippen LogP contribution >= 0.6 is 11.6 Å². The highest BCUT2D eigenvalue weighted by Crippen LogP contribution is 2.25. The van der Waals surface area contributed by atoms with Crippen LogP contribution in [0, 0.1) is 0 Å². The Morgan fingerprint density at radius 1 is 1.43 bits per heavy atom. The third-order valence-electron chi connectivity index (χ3n) is 3.63. The van der Waals surface area contributed by atoms with E-state index in [0.29, 0.717) is 18.2 Å². The Hall–Kier alpha value is -0.660. The van der Waals surface area contributed by atoms with Gasteiger partial charge in [-0.1, -0.05) is 11.6 Å². The van der Waals surface area contributed by atoms with Crippen molar-refractivity contribution >= 4 is 21.6 Å². The van der Waals surface area contributed by atoms with Crippen LogP contribution in [0.15, 0.2) is 23.1 Å². The first-order valence-electron chi connectivity index (χ1n) is 6.93. The van der Waals surface area contributed by atoms with E-state index in [9.17, 15) is 8.42 Å². The van der Waals surface area contributed by atoms with Gasteiger partial charge in [-0.05, 0) is 50.6 Å². The van der Waals surface area contributed by atoms with Crippen LogP contribution < -0.4 is 10.0 Å². The van der Waals surface area contributed by atoms with Crippen molar-refractivity contribution in [3.63, 3.8) is 0 Å². The topological polar surface area (TPSA) is 67.4 Å². The second-order valence-electron chi connectivity index (χ2n) is 5.51. The Kier molecular flexibility index (Phi) is 5.27. The summed E-state index contributed by atoms with van der Waals surface area (Å²) in [5.74, 6) is 0. The zero-order chi connectivity index (χ0) is 15.5. The van der Waals surface area contributed by atoms with Crippen molar-refractivity contribution in [2.45, 2.75) is 36.8 Å². The molecule has 1 aliphatic rings. The number of sulfonamides is 1. The molecule has 1 saturated heterocycles. The summed E-state index contributed by atoms with van der Waals surface area (Å²) >= 11 is 6.05. The van der Waals surface area contributed by atoms with Gasteiger partial charge >= 0.3 is 0 Å². The second-order valence-corrected chi connectivity index (χ2v) is 7.68. The lowest BCUT2D eigenvalue weighted by molar-refractivity contribution is 0.0250. The minimum absolute atomic E-state index is 0.221. The average molecular weight is 333 g/mol. The monoisotopic (exact) mass is 332 g/mol. The summed E-state index contributed by atoms with van der Waals surface area (Å²) in [6, 6.07) is 4.72. The van der Waals surface area contributed by atoms with Crippen LogP contribution in [0.4, 0.5) is 0 Å². The lowest BCUT2D eigenvalue weighted by Crippen LogP contribution is -2.40. The SMILES string of the molecule is CNCc1cc(S(=O)(=O)NCC2(C)CCCO2)ccc1Cl. The van der Waals surface area contributed by atoms with Crippen molar-refractivity contribution in [2.24, 2.45) is 0 Å². The molecule has 7 heteroatoms. The lowest BCUT2D eigenvalue weighted by atomic mass is 10.0. The maximum atomic E-state index is 12.4. The minimum Gasteiger partial charge on any atom is -0.374 e. The van der Waals surface area contributed by atoms with Gasteiger partial charge in [0.15, 0.2) is 0 Å². The fourth-order valence-corrected chi connectivity index (χ4v) is 3.74. The van der Waals surface area contributed by atoms with Crippen molar-refractivity contribution < 1.29 is 13.2 Å². The van der Waals surface area contributed by atoms with Crippen molar-refractivity contribution in [1.29, 1.82) is 0 Å². The Balaban J connectivity index is 2.13. The van der Waals surface area contributed by atoms with Gasteiger partial charge in [0.1, 0.15) is 0 Å². The summed E-state index contributed by atoms with van der Waals surface area (Å²) in [6.07, 6.45) is 1.83. The molecule has 1 heterocycles. The third kappa shape index (κ3) is 4.17. The van der Waals surface area contributed by atoms with Gasteiger partial charge in [0.2, 0.25) is 10.0 Å². The second kappa shape index (κ2) is 6.62. The van der Waals surface area contributed by atoms with Crippen LogP contribution in [0.3, 0.4) is 0 Å². The number of rotatable bonds is 6. The van der Waals surface area contributed by atoms with Crippen molar-refractivity contribution in [1.82, 2.24) is 10.0 Å². The maximum Gasteiger partial charge on any atom is 0.240 e. The van der Waals surface area contributed by atoms with E-state index in [1.165, 1.54) is 6.07 Å². The zero-order valence-corrected chi connectivity index (χ0v) is 13.9. The highest BCUT2D eigenvalue weighted by atomic mass is 35.5. The quantitative estimate of drug-likeness (QED) is 0.835. The average Bonchev–Trinajstić information content (AvgIpc) is 2.87. The first kappa shape index (κ1) is 16.7. The summed E-state index contributed by atoms with van der Waals surface area (Å²) < 4.78 is 33.0. The standard InChI is InChI=1S/C14H21ClN2O3S/c1-14(6-3-7-20-14)10-17-21(18,19)12-4-5-13(15)11(8-12)9-16-2/h4-5,8,16-17H,3,6-7,9-10H2,1-2H3. The fourth-order valence-electron chi connectivity index (χ4n) is 2.35. The van der Waals surface area contributed by atoms with Gasteiger partial charge in [-0.15, -0.1) is 0 Å². The van der Waals surface area contributed by atoms with Gasteiger partial charge in [-0.3, -0.25) is 0 Å². The maximum absolute atomic E-state index is 12.4. The molecule has 0 amide bonds. The van der Waals surface area contributed by atoms with Crippen molar-refractivity contribution in [3.8, 4) is 0 Å². The molecule has 1 unspecified atom stereocenters. The van der Waals surface area contributed by atoms with E-state index in [4.69, 9.17) is 16.3 Å². The molecule has 0 aromatic heterocycles. The normalized spacial score (nSPS) is 22.6. The van der Waals surface area contributed by atoms with Crippen molar-refractivity contribution in [2.75, 3.05) is 20.2 Å². The van der Waals surface area contributed by atoms with Gasteiger partial charge in [-0.2, -0.15) is 0 Å². The van der Waals surface area contributed by atoms with Crippen LogP contribution in [-0.2, 0) is 21.3 Å². The summed E-state index contributed by atoms with van der Waals surface area (Å²) in [4.78, 5) is 0.221. The van der Waals surface area contributed by atoms with Gasteiger partial charge in [0.25, 0.3) is 0 Å². The van der Waals surface area contributed by atoms with Crippen LogP contribution in [-0.4, -0.2) is 34.2 Å². The number of nitrogens with one attached hydrogen (secondary N) is 2. The highest BCUT2D eigenvalue weighted by Gasteiger charge is 2.31. The first-order valence-corrected chi connectivity index (χ1v) is 8.79. The Labute approximate surface area is 131 Å². The molecular weight excluding hydrogens is 312 g/mol.